The summed E-state index contributed by atoms with van der Waals surface area (Å²) in [6.07, 6.45) is 0. The molecule has 0 bridgehead atoms. The van der Waals surface area contributed by atoms with E-state index in [1.807, 2.05) is 6.07 Å². The van der Waals surface area contributed by atoms with Gasteiger partial charge in [0.25, 0.3) is 5.91 Å². The van der Waals surface area contributed by atoms with Crippen LogP contribution in [0.15, 0.2) is 42.5 Å². The summed E-state index contributed by atoms with van der Waals surface area (Å²) >= 11 is 0. The lowest BCUT2D eigenvalue weighted by molar-refractivity contribution is 0.102. The van der Waals surface area contributed by atoms with E-state index < -0.39 is 0 Å². The Morgan fingerprint density at radius 1 is 1.08 bits per heavy atom. The average Bonchev–Trinajstić information content (AvgIpc) is 3.07. The Morgan fingerprint density at radius 2 is 1.92 bits per heavy atom. The van der Waals surface area contributed by atoms with Crippen molar-refractivity contribution in [2.45, 2.75) is 0 Å². The van der Waals surface area contributed by atoms with E-state index in [1.54, 1.807) is 41.3 Å². The topological polar surface area (TPSA) is 79.9 Å². The van der Waals surface area contributed by atoms with Crippen molar-refractivity contribution in [3.8, 4) is 11.5 Å². The van der Waals surface area contributed by atoms with E-state index in [2.05, 4.69) is 10.6 Å². The van der Waals surface area contributed by atoms with E-state index in [1.165, 1.54) is 0 Å². The van der Waals surface area contributed by atoms with Crippen LogP contribution in [0.25, 0.3) is 0 Å². The van der Waals surface area contributed by atoms with Gasteiger partial charge < -0.3 is 20.1 Å². The number of benzene rings is 2. The highest BCUT2D eigenvalue weighted by atomic mass is 16.6. The fourth-order valence-electron chi connectivity index (χ4n) is 2.86. The zero-order chi connectivity index (χ0) is 17.2. The molecule has 7 heteroatoms. The maximum Gasteiger partial charge on any atom is 0.321 e. The van der Waals surface area contributed by atoms with Gasteiger partial charge in [0.05, 0.1) is 0 Å². The van der Waals surface area contributed by atoms with Crippen LogP contribution in [0.5, 0.6) is 11.5 Å². The van der Waals surface area contributed by atoms with Gasteiger partial charge in [-0.15, -0.1) is 0 Å². The van der Waals surface area contributed by atoms with E-state index in [4.69, 9.17) is 9.47 Å². The Bertz CT molecular complexity index is 837. The van der Waals surface area contributed by atoms with Gasteiger partial charge in [-0.2, -0.15) is 0 Å². The fourth-order valence-corrected chi connectivity index (χ4v) is 2.86. The summed E-state index contributed by atoms with van der Waals surface area (Å²) in [5, 5.41) is 5.61. The molecule has 4 rings (SSSR count). The number of nitrogens with one attached hydrogen (secondary N) is 2. The van der Waals surface area contributed by atoms with Crippen LogP contribution in [-0.2, 0) is 0 Å². The molecule has 2 heterocycles. The van der Waals surface area contributed by atoms with E-state index in [0.717, 1.165) is 5.69 Å². The van der Waals surface area contributed by atoms with Crippen LogP contribution in [0.3, 0.4) is 0 Å². The molecule has 2 N–H and O–H groups in total. The quantitative estimate of drug-likeness (QED) is 0.899. The molecule has 25 heavy (non-hydrogen) atoms. The number of nitrogens with zero attached hydrogens (tertiary/aromatic N) is 1. The van der Waals surface area contributed by atoms with E-state index in [9.17, 15) is 9.59 Å². The zero-order valence-corrected chi connectivity index (χ0v) is 13.5. The molecule has 3 amide bonds. The van der Waals surface area contributed by atoms with Crippen LogP contribution in [-0.4, -0.2) is 38.2 Å². The molecular weight excluding hydrogens is 322 g/mol. The third-order valence-corrected chi connectivity index (χ3v) is 4.08. The maximum atomic E-state index is 12.5. The van der Waals surface area contributed by atoms with Crippen LogP contribution in [0, 0.1) is 0 Å². The number of carbonyl (C=O) groups excluding carboxylic acids is 2. The van der Waals surface area contributed by atoms with Gasteiger partial charge in [-0.25, -0.2) is 4.79 Å². The second-order valence-electron chi connectivity index (χ2n) is 5.75. The highest BCUT2D eigenvalue weighted by molar-refractivity contribution is 6.05. The molecule has 0 aromatic heterocycles. The molecule has 0 saturated carbocycles. The molecule has 7 nitrogen and oxygen atoms in total. The first-order valence-electron chi connectivity index (χ1n) is 8.07. The van der Waals surface area contributed by atoms with Gasteiger partial charge in [-0.1, -0.05) is 6.07 Å². The van der Waals surface area contributed by atoms with Crippen LogP contribution in [0.1, 0.15) is 10.4 Å². The first kappa shape index (κ1) is 15.3. The van der Waals surface area contributed by atoms with Gasteiger partial charge in [0.1, 0.15) is 13.2 Å². The Kier molecular flexibility index (Phi) is 3.89. The van der Waals surface area contributed by atoms with Crippen molar-refractivity contribution in [1.29, 1.82) is 0 Å². The maximum absolute atomic E-state index is 12.5. The Morgan fingerprint density at radius 3 is 2.72 bits per heavy atom. The summed E-state index contributed by atoms with van der Waals surface area (Å²) < 4.78 is 11.0. The van der Waals surface area contributed by atoms with Crippen molar-refractivity contribution >= 4 is 23.3 Å². The van der Waals surface area contributed by atoms with E-state index in [0.29, 0.717) is 49.1 Å². The Hall–Kier alpha value is -3.22. The molecule has 0 spiro atoms. The number of hydrogen-bond donors (Lipinski definition) is 2. The summed E-state index contributed by atoms with van der Waals surface area (Å²) in [4.78, 5) is 25.9. The summed E-state index contributed by atoms with van der Waals surface area (Å²) in [5.41, 5.74) is 1.85. The van der Waals surface area contributed by atoms with Crippen molar-refractivity contribution in [3.63, 3.8) is 0 Å². The molecule has 1 saturated heterocycles. The number of fused-ring (bicyclic) bond motifs is 1. The van der Waals surface area contributed by atoms with Gasteiger partial charge in [0.15, 0.2) is 11.5 Å². The zero-order valence-electron chi connectivity index (χ0n) is 13.5. The highest BCUT2D eigenvalue weighted by Gasteiger charge is 2.21. The largest absolute Gasteiger partial charge is 0.486 e. The third-order valence-electron chi connectivity index (χ3n) is 4.08. The number of rotatable bonds is 3. The van der Waals surface area contributed by atoms with Gasteiger partial charge in [-0.3, -0.25) is 9.69 Å². The molecule has 128 valence electrons. The predicted molar refractivity (Wildman–Crippen MR) is 92.6 cm³/mol. The number of carbonyl (C=O) groups is 2. The average molecular weight is 339 g/mol. The molecule has 0 atom stereocenters. The minimum absolute atomic E-state index is 0.129. The summed E-state index contributed by atoms with van der Waals surface area (Å²) in [6.45, 7) is 2.21. The van der Waals surface area contributed by atoms with E-state index in [-0.39, 0.29) is 11.9 Å². The van der Waals surface area contributed by atoms with Crippen LogP contribution < -0.4 is 25.0 Å². The van der Waals surface area contributed by atoms with Gasteiger partial charge in [0, 0.05) is 30.0 Å². The normalized spacial score (nSPS) is 15.7. The number of anilines is 2. The van der Waals surface area contributed by atoms with Crippen LogP contribution >= 0.6 is 0 Å². The van der Waals surface area contributed by atoms with Crippen molar-refractivity contribution in [1.82, 2.24) is 5.32 Å². The second-order valence-corrected chi connectivity index (χ2v) is 5.75. The number of hydrogen-bond acceptors (Lipinski definition) is 4. The summed E-state index contributed by atoms with van der Waals surface area (Å²) in [5.74, 6) is 0.964. The monoisotopic (exact) mass is 339 g/mol. The summed E-state index contributed by atoms with van der Waals surface area (Å²) in [6, 6.07) is 12.2. The molecule has 0 aliphatic carbocycles. The van der Waals surface area contributed by atoms with Crippen molar-refractivity contribution in [3.05, 3.63) is 48.0 Å². The van der Waals surface area contributed by atoms with Gasteiger partial charge in [0.2, 0.25) is 0 Å². The second kappa shape index (κ2) is 6.35. The van der Waals surface area contributed by atoms with E-state index >= 15 is 0 Å². The smallest absolute Gasteiger partial charge is 0.321 e. The molecule has 0 radical (unpaired) electrons. The number of ether oxygens (including phenoxy) is 2. The van der Waals surface area contributed by atoms with Gasteiger partial charge in [-0.05, 0) is 36.4 Å². The standard InChI is InChI=1S/C18H17N3O4/c22-17(12-4-5-15-16(10-12)25-9-8-24-15)20-13-2-1-3-14(11-13)21-7-6-19-18(21)23/h1-5,10-11H,6-9H2,(H,19,23)(H,20,22). The van der Waals surface area contributed by atoms with Crippen LogP contribution in [0.4, 0.5) is 16.2 Å². The van der Waals surface area contributed by atoms with Crippen LogP contribution in [0.2, 0.25) is 0 Å². The highest BCUT2D eigenvalue weighted by Crippen LogP contribution is 2.31. The number of urea groups is 1. The minimum Gasteiger partial charge on any atom is -0.486 e. The molecule has 0 unspecified atom stereocenters. The molecule has 2 aliphatic rings. The third kappa shape index (κ3) is 3.08. The fraction of sp³-hybridized carbons (Fsp3) is 0.222. The summed E-state index contributed by atoms with van der Waals surface area (Å²) in [7, 11) is 0. The minimum atomic E-state index is -0.250. The lowest BCUT2D eigenvalue weighted by Gasteiger charge is -2.19. The Balaban J connectivity index is 1.52. The first-order valence-corrected chi connectivity index (χ1v) is 8.07. The predicted octanol–water partition coefficient (Wildman–Crippen LogP) is 2.24. The van der Waals surface area contributed by atoms with Crippen molar-refractivity contribution < 1.29 is 19.1 Å². The van der Waals surface area contributed by atoms with Crippen molar-refractivity contribution in [2.75, 3.05) is 36.5 Å². The molecule has 2 aliphatic heterocycles. The molecule has 1 fully saturated rings. The molecular formula is C18H17N3O4. The molecule has 2 aromatic carbocycles. The Labute approximate surface area is 144 Å². The lowest BCUT2D eigenvalue weighted by Crippen LogP contribution is -2.27. The van der Waals surface area contributed by atoms with Crippen molar-refractivity contribution in [2.24, 2.45) is 0 Å². The molecule has 2 aromatic rings. The number of amides is 3. The first-order chi connectivity index (χ1) is 12.2. The SMILES string of the molecule is O=C(Nc1cccc(N2CCNC2=O)c1)c1ccc2c(c1)OCCO2. The lowest BCUT2D eigenvalue weighted by atomic mass is 10.1. The van der Waals surface area contributed by atoms with Gasteiger partial charge >= 0.3 is 6.03 Å².